The molecule has 4 rings (SSSR count). The first-order chi connectivity index (χ1) is 15.1. The first-order valence-electron chi connectivity index (χ1n) is 10.1. The zero-order chi connectivity index (χ0) is 21.6. The van der Waals surface area contributed by atoms with Crippen molar-refractivity contribution >= 4 is 34.5 Å². The summed E-state index contributed by atoms with van der Waals surface area (Å²) in [4.78, 5) is 28.7. The van der Waals surface area contributed by atoms with Crippen molar-refractivity contribution in [3.63, 3.8) is 0 Å². The minimum Gasteiger partial charge on any atom is -0.497 e. The zero-order valence-electron chi connectivity index (χ0n) is 17.2. The fourth-order valence-electron chi connectivity index (χ4n) is 3.49. The van der Waals surface area contributed by atoms with E-state index in [0.29, 0.717) is 24.4 Å². The molecule has 7 heteroatoms. The lowest BCUT2D eigenvalue weighted by Gasteiger charge is -2.23. The maximum absolute atomic E-state index is 13.5. The predicted molar refractivity (Wildman–Crippen MR) is 122 cm³/mol. The fourth-order valence-corrected chi connectivity index (χ4v) is 4.19. The van der Waals surface area contributed by atoms with E-state index in [1.54, 1.807) is 47.6 Å². The van der Waals surface area contributed by atoms with Gasteiger partial charge in [-0.25, -0.2) is 0 Å². The Morgan fingerprint density at radius 1 is 1.16 bits per heavy atom. The minimum atomic E-state index is -0.422. The summed E-state index contributed by atoms with van der Waals surface area (Å²) in [5.41, 5.74) is 1.85. The number of ether oxygens (including phenoxy) is 2. The average Bonchev–Trinajstić information content (AvgIpc) is 3.52. The number of benzene rings is 2. The van der Waals surface area contributed by atoms with Gasteiger partial charge in [0, 0.05) is 28.4 Å². The third-order valence-electron chi connectivity index (χ3n) is 5.12. The molecule has 1 atom stereocenters. The number of nitrogens with one attached hydrogen (secondary N) is 1. The van der Waals surface area contributed by atoms with E-state index in [0.717, 1.165) is 29.2 Å². The molecule has 1 aromatic heterocycles. The Morgan fingerprint density at radius 3 is 2.68 bits per heavy atom. The van der Waals surface area contributed by atoms with Gasteiger partial charge in [0.15, 0.2) is 0 Å². The number of rotatable bonds is 7. The summed E-state index contributed by atoms with van der Waals surface area (Å²) in [7, 11) is 1.61. The molecule has 1 aliphatic heterocycles. The Balaban J connectivity index is 1.57. The number of methoxy groups -OCH3 is 1. The lowest BCUT2D eigenvalue weighted by Crippen LogP contribution is -2.30. The summed E-state index contributed by atoms with van der Waals surface area (Å²) in [6.07, 6.45) is 1.18. The molecule has 2 aromatic carbocycles. The van der Waals surface area contributed by atoms with Gasteiger partial charge < -0.3 is 19.7 Å². The van der Waals surface area contributed by atoms with Crippen LogP contribution in [0.25, 0.3) is 0 Å². The Morgan fingerprint density at radius 2 is 2.00 bits per heavy atom. The number of carbonyl (C=O) groups is 2. The molecule has 1 unspecified atom stereocenters. The molecule has 6 nitrogen and oxygen atoms in total. The molecule has 0 radical (unpaired) electrons. The standard InChI is InChI=1S/C24H24N2O4S/c1-29-20-11-9-19(10-12-20)26(16-21-7-4-14-31-21)24(28)17-5-2-6-18(15-17)25-23(27)22-8-3-13-30-22/h2,4-7,9-12,14-15,22H,3,8,13,16H2,1H3,(H,25,27). The average molecular weight is 437 g/mol. The number of thiophene rings is 1. The first-order valence-corrected chi connectivity index (χ1v) is 11.0. The van der Waals surface area contributed by atoms with Crippen molar-refractivity contribution < 1.29 is 19.1 Å². The summed E-state index contributed by atoms with van der Waals surface area (Å²) in [6.45, 7) is 1.06. The summed E-state index contributed by atoms with van der Waals surface area (Å²) in [5.74, 6) is 0.408. The second-order valence-corrected chi connectivity index (χ2v) is 8.27. The van der Waals surface area contributed by atoms with Crippen molar-refractivity contribution in [3.8, 4) is 5.75 Å². The first kappa shape index (κ1) is 21.1. The lowest BCUT2D eigenvalue weighted by molar-refractivity contribution is -0.124. The van der Waals surface area contributed by atoms with Crippen LogP contribution in [0.2, 0.25) is 0 Å². The van der Waals surface area contributed by atoms with Crippen molar-refractivity contribution in [1.29, 1.82) is 0 Å². The van der Waals surface area contributed by atoms with Crippen LogP contribution in [0.4, 0.5) is 11.4 Å². The monoisotopic (exact) mass is 436 g/mol. The molecule has 1 aliphatic rings. The number of hydrogen-bond donors (Lipinski definition) is 1. The molecule has 160 valence electrons. The molecule has 0 aliphatic carbocycles. The fraction of sp³-hybridized carbons (Fsp3) is 0.250. The van der Waals surface area contributed by atoms with Gasteiger partial charge in [-0.3, -0.25) is 9.59 Å². The molecule has 3 aromatic rings. The van der Waals surface area contributed by atoms with Crippen molar-refractivity contribution in [1.82, 2.24) is 0 Å². The molecule has 1 saturated heterocycles. The van der Waals surface area contributed by atoms with Gasteiger partial charge in [-0.2, -0.15) is 0 Å². The van der Waals surface area contributed by atoms with Crippen LogP contribution < -0.4 is 15.0 Å². The summed E-state index contributed by atoms with van der Waals surface area (Å²) >= 11 is 1.60. The molecule has 2 heterocycles. The second-order valence-electron chi connectivity index (χ2n) is 7.24. The van der Waals surface area contributed by atoms with Gasteiger partial charge in [-0.1, -0.05) is 12.1 Å². The van der Waals surface area contributed by atoms with Crippen LogP contribution in [-0.4, -0.2) is 31.6 Å². The summed E-state index contributed by atoms with van der Waals surface area (Å²) in [6, 6.07) is 18.4. The van der Waals surface area contributed by atoms with Gasteiger partial charge in [-0.05, 0) is 66.8 Å². The van der Waals surface area contributed by atoms with Crippen molar-refractivity contribution in [2.24, 2.45) is 0 Å². The molecule has 1 N–H and O–H groups in total. The molecule has 0 saturated carbocycles. The quantitative estimate of drug-likeness (QED) is 0.582. The van der Waals surface area contributed by atoms with Gasteiger partial charge in [0.2, 0.25) is 0 Å². The van der Waals surface area contributed by atoms with Gasteiger partial charge in [0.05, 0.1) is 13.7 Å². The molecule has 31 heavy (non-hydrogen) atoms. The maximum Gasteiger partial charge on any atom is 0.258 e. The Labute approximate surface area is 185 Å². The van der Waals surface area contributed by atoms with Gasteiger partial charge in [-0.15, -0.1) is 11.3 Å². The maximum atomic E-state index is 13.5. The van der Waals surface area contributed by atoms with E-state index in [1.807, 2.05) is 41.8 Å². The highest BCUT2D eigenvalue weighted by Crippen LogP contribution is 2.25. The number of nitrogens with zero attached hydrogens (tertiary/aromatic N) is 1. The van der Waals surface area contributed by atoms with E-state index in [9.17, 15) is 9.59 Å². The van der Waals surface area contributed by atoms with E-state index in [1.165, 1.54) is 0 Å². The topological polar surface area (TPSA) is 67.9 Å². The van der Waals surface area contributed by atoms with Gasteiger partial charge in [0.25, 0.3) is 11.8 Å². The van der Waals surface area contributed by atoms with Crippen LogP contribution in [0.5, 0.6) is 5.75 Å². The van der Waals surface area contributed by atoms with Crippen LogP contribution in [0, 0.1) is 0 Å². The normalized spacial score (nSPS) is 15.5. The molecular formula is C24H24N2O4S. The Hall–Kier alpha value is -3.16. The van der Waals surface area contributed by atoms with Crippen LogP contribution >= 0.6 is 11.3 Å². The van der Waals surface area contributed by atoms with E-state index in [4.69, 9.17) is 9.47 Å². The van der Waals surface area contributed by atoms with Crippen LogP contribution in [0.3, 0.4) is 0 Å². The molecule has 0 bridgehead atoms. The predicted octanol–water partition coefficient (Wildman–Crippen LogP) is 4.72. The summed E-state index contributed by atoms with van der Waals surface area (Å²) in [5, 5.41) is 4.86. The van der Waals surface area contributed by atoms with E-state index >= 15 is 0 Å². The molecule has 0 spiro atoms. The third-order valence-corrected chi connectivity index (χ3v) is 5.98. The van der Waals surface area contributed by atoms with Gasteiger partial charge >= 0.3 is 0 Å². The van der Waals surface area contributed by atoms with Crippen molar-refractivity contribution in [3.05, 3.63) is 76.5 Å². The van der Waals surface area contributed by atoms with Crippen LogP contribution in [-0.2, 0) is 16.1 Å². The largest absolute Gasteiger partial charge is 0.497 e. The van der Waals surface area contributed by atoms with Crippen molar-refractivity contribution in [2.75, 3.05) is 23.9 Å². The Kier molecular flexibility index (Phi) is 6.64. The van der Waals surface area contributed by atoms with E-state index in [-0.39, 0.29) is 11.8 Å². The molecule has 2 amide bonds. The zero-order valence-corrected chi connectivity index (χ0v) is 18.1. The highest BCUT2D eigenvalue weighted by atomic mass is 32.1. The highest BCUT2D eigenvalue weighted by Gasteiger charge is 2.24. The highest BCUT2D eigenvalue weighted by molar-refractivity contribution is 7.09. The van der Waals surface area contributed by atoms with Crippen LogP contribution in [0.1, 0.15) is 28.1 Å². The Bertz CT molecular complexity index is 1030. The van der Waals surface area contributed by atoms with Crippen LogP contribution in [0.15, 0.2) is 66.0 Å². The number of anilines is 2. The molecule has 1 fully saturated rings. The number of amides is 2. The van der Waals surface area contributed by atoms with E-state index < -0.39 is 6.10 Å². The number of hydrogen-bond acceptors (Lipinski definition) is 5. The second kappa shape index (κ2) is 9.76. The van der Waals surface area contributed by atoms with Gasteiger partial charge in [0.1, 0.15) is 11.9 Å². The summed E-state index contributed by atoms with van der Waals surface area (Å²) < 4.78 is 10.7. The smallest absolute Gasteiger partial charge is 0.258 e. The third kappa shape index (κ3) is 5.13. The molecular weight excluding hydrogens is 412 g/mol. The number of carbonyl (C=O) groups excluding carboxylic acids is 2. The van der Waals surface area contributed by atoms with E-state index in [2.05, 4.69) is 5.32 Å². The lowest BCUT2D eigenvalue weighted by atomic mass is 10.1. The van der Waals surface area contributed by atoms with Crippen molar-refractivity contribution in [2.45, 2.75) is 25.5 Å². The SMILES string of the molecule is COc1ccc(N(Cc2cccs2)C(=O)c2cccc(NC(=O)C3CCCO3)c2)cc1. The minimum absolute atomic E-state index is 0.146.